The van der Waals surface area contributed by atoms with Crippen LogP contribution in [-0.4, -0.2) is 64.5 Å². The number of aromatic amines is 1. The van der Waals surface area contributed by atoms with Crippen LogP contribution in [0.2, 0.25) is 0 Å². The Balaban J connectivity index is 1.97. The molecule has 30 heavy (non-hydrogen) atoms. The Hall–Kier alpha value is -2.99. The number of rotatable bonds is 4. The molecule has 0 unspecified atom stereocenters. The predicted molar refractivity (Wildman–Crippen MR) is 98.3 cm³/mol. The lowest BCUT2D eigenvalue weighted by atomic mass is 9.99. The van der Waals surface area contributed by atoms with E-state index in [-0.39, 0.29) is 18.9 Å². The van der Waals surface area contributed by atoms with E-state index in [9.17, 15) is 24.0 Å². The molecule has 0 saturated carbocycles. The van der Waals surface area contributed by atoms with Gasteiger partial charge in [-0.05, 0) is 0 Å². The van der Waals surface area contributed by atoms with Crippen molar-refractivity contribution in [2.24, 2.45) is 0 Å². The molecule has 0 radical (unpaired) electrons. The molecule has 3 rings (SSSR count). The lowest BCUT2D eigenvalue weighted by Crippen LogP contribution is -2.48. The van der Waals surface area contributed by atoms with Crippen molar-refractivity contribution < 1.29 is 33.3 Å². The topological polar surface area (TPSA) is 155 Å². The number of ether oxygens (including phenoxy) is 4. The molecule has 2 N–H and O–H groups in total. The number of esters is 2. The van der Waals surface area contributed by atoms with Crippen LogP contribution in [0.5, 0.6) is 0 Å². The molecular formula is C18H23N3O9. The van der Waals surface area contributed by atoms with Crippen molar-refractivity contribution in [2.75, 3.05) is 6.61 Å². The molecule has 6 atom stereocenters. The molecule has 164 valence electrons. The van der Waals surface area contributed by atoms with Gasteiger partial charge in [0.1, 0.15) is 18.3 Å². The first kappa shape index (κ1) is 21.7. The van der Waals surface area contributed by atoms with Gasteiger partial charge < -0.3 is 24.3 Å². The van der Waals surface area contributed by atoms with Crippen LogP contribution in [0.1, 0.15) is 33.4 Å². The molecule has 1 aromatic heterocycles. The molecule has 1 amide bonds. The molecule has 3 heterocycles. The summed E-state index contributed by atoms with van der Waals surface area (Å²) in [5.41, 5.74) is -1.35. The van der Waals surface area contributed by atoms with E-state index < -0.39 is 59.9 Å². The average molecular weight is 425 g/mol. The number of hydrogen-bond acceptors (Lipinski definition) is 9. The Labute approximate surface area is 170 Å². The molecule has 0 spiro atoms. The zero-order valence-electron chi connectivity index (χ0n) is 16.7. The summed E-state index contributed by atoms with van der Waals surface area (Å²) < 4.78 is 23.6. The standard InChI is InChI=1S/C18H23N3O9/c1-8(22)19-12-6-11(28-9(2)23)7-27-15-14(12)30-17(16(15)29-10(3)24)21-5-4-13(25)20-18(21)26/h4-5,11-12,14-17H,6-7H2,1-3H3,(H,19,22)(H,20,25,26)/t11-,12+,14+,15+,16+,17+/m0/s1. The average Bonchev–Trinajstić information content (AvgIpc) is 2.87. The number of nitrogens with zero attached hydrogens (tertiary/aromatic N) is 1. The highest BCUT2D eigenvalue weighted by atomic mass is 16.6. The van der Waals surface area contributed by atoms with Gasteiger partial charge in [0.2, 0.25) is 5.91 Å². The molecule has 2 saturated heterocycles. The highest BCUT2D eigenvalue weighted by Gasteiger charge is 2.54. The van der Waals surface area contributed by atoms with Crippen LogP contribution >= 0.6 is 0 Å². The minimum Gasteiger partial charge on any atom is -0.460 e. The first-order valence-electron chi connectivity index (χ1n) is 9.35. The van der Waals surface area contributed by atoms with Gasteiger partial charge in [-0.1, -0.05) is 0 Å². The third kappa shape index (κ3) is 4.76. The smallest absolute Gasteiger partial charge is 0.330 e. The summed E-state index contributed by atoms with van der Waals surface area (Å²) in [4.78, 5) is 60.7. The fourth-order valence-corrected chi connectivity index (χ4v) is 3.77. The molecule has 12 nitrogen and oxygen atoms in total. The van der Waals surface area contributed by atoms with Gasteiger partial charge in [-0.15, -0.1) is 0 Å². The van der Waals surface area contributed by atoms with Crippen molar-refractivity contribution in [3.8, 4) is 0 Å². The first-order valence-corrected chi connectivity index (χ1v) is 9.35. The van der Waals surface area contributed by atoms with E-state index >= 15 is 0 Å². The summed E-state index contributed by atoms with van der Waals surface area (Å²) in [6.07, 6.45) is -3.07. The molecule has 1 aromatic rings. The van der Waals surface area contributed by atoms with Crippen LogP contribution in [-0.2, 0) is 33.3 Å². The third-order valence-corrected chi connectivity index (χ3v) is 4.76. The van der Waals surface area contributed by atoms with E-state index in [1.165, 1.54) is 27.0 Å². The van der Waals surface area contributed by atoms with E-state index in [0.717, 1.165) is 10.6 Å². The fraction of sp³-hybridized carbons (Fsp3) is 0.611. The molecular weight excluding hydrogens is 402 g/mol. The number of nitrogens with one attached hydrogen (secondary N) is 2. The van der Waals surface area contributed by atoms with Gasteiger partial charge in [0.05, 0.1) is 12.6 Å². The molecule has 0 aliphatic carbocycles. The number of amides is 1. The summed E-state index contributed by atoms with van der Waals surface area (Å²) in [5.74, 6) is -1.49. The minimum absolute atomic E-state index is 0.0226. The summed E-state index contributed by atoms with van der Waals surface area (Å²) >= 11 is 0. The Morgan fingerprint density at radius 2 is 1.83 bits per heavy atom. The zero-order chi connectivity index (χ0) is 22.0. The Kier molecular flexibility index (Phi) is 6.37. The lowest BCUT2D eigenvalue weighted by molar-refractivity contribution is -0.161. The van der Waals surface area contributed by atoms with Crippen LogP contribution < -0.4 is 16.6 Å². The second-order valence-corrected chi connectivity index (χ2v) is 7.15. The maximum atomic E-state index is 12.3. The van der Waals surface area contributed by atoms with Crippen LogP contribution in [0.3, 0.4) is 0 Å². The van der Waals surface area contributed by atoms with E-state index in [0.29, 0.717) is 0 Å². The molecule has 12 heteroatoms. The molecule has 0 bridgehead atoms. The molecule has 2 fully saturated rings. The molecule has 2 aliphatic heterocycles. The monoisotopic (exact) mass is 425 g/mol. The summed E-state index contributed by atoms with van der Waals surface area (Å²) in [6.45, 7) is 3.76. The maximum Gasteiger partial charge on any atom is 0.330 e. The second-order valence-electron chi connectivity index (χ2n) is 7.15. The lowest BCUT2D eigenvalue weighted by Gasteiger charge is -2.26. The van der Waals surface area contributed by atoms with Crippen molar-refractivity contribution in [1.82, 2.24) is 14.9 Å². The highest BCUT2D eigenvalue weighted by molar-refractivity contribution is 5.73. The third-order valence-electron chi connectivity index (χ3n) is 4.76. The fourth-order valence-electron chi connectivity index (χ4n) is 3.77. The van der Waals surface area contributed by atoms with Gasteiger partial charge in [0.15, 0.2) is 12.3 Å². The molecule has 2 aliphatic rings. The number of fused-ring (bicyclic) bond motifs is 1. The van der Waals surface area contributed by atoms with Crippen LogP contribution in [0, 0.1) is 0 Å². The van der Waals surface area contributed by atoms with Crippen LogP contribution in [0.4, 0.5) is 0 Å². The zero-order valence-corrected chi connectivity index (χ0v) is 16.7. The number of hydrogen-bond donors (Lipinski definition) is 2. The summed E-state index contributed by atoms with van der Waals surface area (Å²) in [6, 6.07) is 0.480. The SMILES string of the molecule is CC(=O)N[C@@H]1C[C@H](OC(C)=O)CO[C@H]2[C@@H](OC(C)=O)[C@H](n3ccc(=O)[nH]c3=O)O[C@@H]21. The predicted octanol–water partition coefficient (Wildman–Crippen LogP) is -1.41. The van der Waals surface area contributed by atoms with Crippen molar-refractivity contribution >= 4 is 17.8 Å². The van der Waals surface area contributed by atoms with Crippen LogP contribution in [0.15, 0.2) is 21.9 Å². The van der Waals surface area contributed by atoms with E-state index in [1.54, 1.807) is 0 Å². The number of aromatic nitrogens is 2. The van der Waals surface area contributed by atoms with Gasteiger partial charge in [-0.25, -0.2) is 4.79 Å². The second kappa shape index (κ2) is 8.79. The van der Waals surface area contributed by atoms with E-state index in [1.807, 2.05) is 0 Å². The number of carbonyl (C=O) groups is 3. The summed E-state index contributed by atoms with van der Waals surface area (Å²) in [5, 5.41) is 2.75. The van der Waals surface area contributed by atoms with E-state index in [2.05, 4.69) is 10.3 Å². The minimum atomic E-state index is -1.10. The summed E-state index contributed by atoms with van der Waals surface area (Å²) in [7, 11) is 0. The maximum absolute atomic E-state index is 12.3. The normalized spacial score (nSPS) is 30.6. The van der Waals surface area contributed by atoms with Gasteiger partial charge in [0.25, 0.3) is 5.56 Å². The first-order chi connectivity index (χ1) is 14.2. The van der Waals surface area contributed by atoms with Gasteiger partial charge in [-0.3, -0.25) is 28.7 Å². The van der Waals surface area contributed by atoms with Crippen molar-refractivity contribution in [1.29, 1.82) is 0 Å². The van der Waals surface area contributed by atoms with Gasteiger partial charge in [0, 0.05) is 39.5 Å². The van der Waals surface area contributed by atoms with Gasteiger partial charge >= 0.3 is 17.6 Å². The van der Waals surface area contributed by atoms with Crippen molar-refractivity contribution in [3.63, 3.8) is 0 Å². The Morgan fingerprint density at radius 3 is 2.43 bits per heavy atom. The van der Waals surface area contributed by atoms with Crippen LogP contribution in [0.25, 0.3) is 0 Å². The Morgan fingerprint density at radius 1 is 1.13 bits per heavy atom. The quantitative estimate of drug-likeness (QED) is 0.554. The number of carbonyl (C=O) groups excluding carboxylic acids is 3. The van der Waals surface area contributed by atoms with Gasteiger partial charge in [-0.2, -0.15) is 0 Å². The van der Waals surface area contributed by atoms with Crippen molar-refractivity contribution in [3.05, 3.63) is 33.1 Å². The molecule has 0 aromatic carbocycles. The van der Waals surface area contributed by atoms with E-state index in [4.69, 9.17) is 18.9 Å². The number of H-pyrrole nitrogens is 1. The van der Waals surface area contributed by atoms with Crippen molar-refractivity contribution in [2.45, 2.75) is 63.9 Å². The largest absolute Gasteiger partial charge is 0.460 e. The highest BCUT2D eigenvalue weighted by Crippen LogP contribution is 2.37. The Bertz CT molecular complexity index is 939.